The van der Waals surface area contributed by atoms with Gasteiger partial charge >= 0.3 is 7.12 Å². The van der Waals surface area contributed by atoms with Crippen LogP contribution in [-0.4, -0.2) is 32.9 Å². The van der Waals surface area contributed by atoms with Gasteiger partial charge < -0.3 is 13.9 Å². The smallest absolute Gasteiger partial charge is 0.399 e. The molecule has 0 radical (unpaired) electrons. The first-order chi connectivity index (χ1) is 17.3. The van der Waals surface area contributed by atoms with Crippen molar-refractivity contribution in [2.75, 3.05) is 0 Å². The molecule has 0 aliphatic carbocycles. The third-order valence-corrected chi connectivity index (χ3v) is 7.27. The van der Waals surface area contributed by atoms with Crippen molar-refractivity contribution in [1.82, 2.24) is 14.5 Å². The topological polar surface area (TPSA) is 49.2 Å². The maximum absolute atomic E-state index is 6.27. The molecule has 1 fully saturated rings. The number of aromatic nitrogens is 3. The molecular weight excluding hydrogens is 445 g/mol. The highest BCUT2D eigenvalue weighted by Crippen LogP contribution is 2.36. The van der Waals surface area contributed by atoms with Gasteiger partial charge in [-0.3, -0.25) is 0 Å². The summed E-state index contributed by atoms with van der Waals surface area (Å²) in [6, 6.07) is 28.7. The lowest BCUT2D eigenvalue weighted by molar-refractivity contribution is 0.00578. The van der Waals surface area contributed by atoms with Crippen LogP contribution in [0.15, 0.2) is 97.3 Å². The zero-order chi connectivity index (χ0) is 24.9. The molecule has 0 saturated carbocycles. The van der Waals surface area contributed by atoms with E-state index in [4.69, 9.17) is 19.3 Å². The Morgan fingerprint density at radius 3 is 1.94 bits per heavy atom. The van der Waals surface area contributed by atoms with E-state index in [0.29, 0.717) is 5.82 Å². The van der Waals surface area contributed by atoms with Crippen LogP contribution >= 0.6 is 0 Å². The fourth-order valence-corrected chi connectivity index (χ4v) is 4.46. The van der Waals surface area contributed by atoms with E-state index in [1.807, 2.05) is 54.6 Å². The Balaban J connectivity index is 1.42. The molecule has 0 amide bonds. The number of hydrogen-bond donors (Lipinski definition) is 0. The monoisotopic (exact) mass is 473 g/mol. The van der Waals surface area contributed by atoms with Crippen molar-refractivity contribution in [1.29, 1.82) is 0 Å². The molecule has 2 aromatic heterocycles. The third kappa shape index (κ3) is 4.02. The Morgan fingerprint density at radius 2 is 1.28 bits per heavy atom. The Hall–Kier alpha value is -3.74. The first-order valence-corrected chi connectivity index (χ1v) is 12.3. The summed E-state index contributed by atoms with van der Waals surface area (Å²) in [7, 11) is -0.392. The van der Waals surface area contributed by atoms with Gasteiger partial charge in [0.05, 0.1) is 16.9 Å². The standard InChI is InChI=1S/C30H28BN3O2/c1-29(2)30(3,4)36-31(35-29)25-16-15-23-19-34(20-24(23)17-25)27-18-26(21-11-7-5-8-12-21)32-28(33-27)22-13-9-6-10-14-22/h5-20H,1-4H3. The molecule has 0 atom stereocenters. The maximum atomic E-state index is 6.27. The van der Waals surface area contributed by atoms with Gasteiger partial charge in [-0.1, -0.05) is 78.9 Å². The second-order valence-corrected chi connectivity index (χ2v) is 10.3. The summed E-state index contributed by atoms with van der Waals surface area (Å²) in [6.07, 6.45) is 4.21. The first kappa shape index (κ1) is 22.7. The number of fused-ring (bicyclic) bond motifs is 1. The highest BCUT2D eigenvalue weighted by Gasteiger charge is 2.51. The second-order valence-electron chi connectivity index (χ2n) is 10.3. The van der Waals surface area contributed by atoms with Gasteiger partial charge in [-0.2, -0.15) is 0 Å². The molecule has 1 aliphatic rings. The van der Waals surface area contributed by atoms with Crippen LogP contribution in [0.2, 0.25) is 0 Å². The fraction of sp³-hybridized carbons (Fsp3) is 0.200. The zero-order valence-corrected chi connectivity index (χ0v) is 21.0. The molecule has 36 heavy (non-hydrogen) atoms. The summed E-state index contributed by atoms with van der Waals surface area (Å²) in [5.74, 6) is 1.51. The van der Waals surface area contributed by atoms with Crippen LogP contribution in [0, 0.1) is 0 Å². The molecule has 6 heteroatoms. The lowest BCUT2D eigenvalue weighted by Gasteiger charge is -2.32. The Bertz CT molecular complexity index is 1470. The van der Waals surface area contributed by atoms with Crippen LogP contribution in [0.4, 0.5) is 0 Å². The number of hydrogen-bond acceptors (Lipinski definition) is 4. The summed E-state index contributed by atoms with van der Waals surface area (Å²) in [5, 5.41) is 2.22. The molecule has 0 bridgehead atoms. The summed E-state index contributed by atoms with van der Waals surface area (Å²) < 4.78 is 14.6. The molecule has 5 aromatic rings. The van der Waals surface area contributed by atoms with Crippen molar-refractivity contribution >= 4 is 23.4 Å². The molecule has 6 rings (SSSR count). The van der Waals surface area contributed by atoms with Crippen LogP contribution in [0.5, 0.6) is 0 Å². The summed E-state index contributed by atoms with van der Waals surface area (Å²) in [6.45, 7) is 8.30. The highest BCUT2D eigenvalue weighted by molar-refractivity contribution is 6.62. The molecular formula is C30H28BN3O2. The van der Waals surface area contributed by atoms with E-state index >= 15 is 0 Å². The van der Waals surface area contributed by atoms with E-state index in [1.54, 1.807) is 0 Å². The van der Waals surface area contributed by atoms with Crippen molar-refractivity contribution in [3.63, 3.8) is 0 Å². The Kier molecular flexibility index (Phi) is 5.32. The lowest BCUT2D eigenvalue weighted by Crippen LogP contribution is -2.41. The van der Waals surface area contributed by atoms with Gasteiger partial charge in [-0.15, -0.1) is 0 Å². The zero-order valence-electron chi connectivity index (χ0n) is 21.0. The third-order valence-electron chi connectivity index (χ3n) is 7.27. The van der Waals surface area contributed by atoms with Crippen LogP contribution in [0.25, 0.3) is 39.2 Å². The van der Waals surface area contributed by atoms with Gasteiger partial charge in [0.2, 0.25) is 0 Å². The van der Waals surface area contributed by atoms with Crippen LogP contribution in [0.3, 0.4) is 0 Å². The summed E-state index contributed by atoms with van der Waals surface area (Å²) >= 11 is 0. The van der Waals surface area contributed by atoms with E-state index in [1.165, 1.54) is 0 Å². The van der Waals surface area contributed by atoms with E-state index < -0.39 is 7.12 Å². The number of nitrogens with zero attached hydrogens (tertiary/aromatic N) is 3. The van der Waals surface area contributed by atoms with Crippen LogP contribution < -0.4 is 5.46 Å². The average Bonchev–Trinajstić information content (AvgIpc) is 3.41. The van der Waals surface area contributed by atoms with Crippen LogP contribution in [-0.2, 0) is 9.31 Å². The Labute approximate surface area is 211 Å². The molecule has 5 nitrogen and oxygen atoms in total. The van der Waals surface area contributed by atoms with Crippen molar-refractivity contribution < 1.29 is 9.31 Å². The predicted octanol–water partition coefficient (Wildman–Crippen LogP) is 6.05. The van der Waals surface area contributed by atoms with E-state index in [2.05, 4.69) is 75.0 Å². The Morgan fingerprint density at radius 1 is 0.667 bits per heavy atom. The fourth-order valence-electron chi connectivity index (χ4n) is 4.46. The predicted molar refractivity (Wildman–Crippen MR) is 145 cm³/mol. The average molecular weight is 473 g/mol. The minimum Gasteiger partial charge on any atom is -0.399 e. The molecule has 1 aliphatic heterocycles. The normalized spacial score (nSPS) is 16.5. The largest absolute Gasteiger partial charge is 0.494 e. The van der Waals surface area contributed by atoms with Gasteiger partial charge in [0.15, 0.2) is 5.82 Å². The molecule has 3 heterocycles. The minimum atomic E-state index is -0.392. The summed E-state index contributed by atoms with van der Waals surface area (Å²) in [5.41, 5.74) is 3.18. The van der Waals surface area contributed by atoms with Crippen molar-refractivity contribution in [2.45, 2.75) is 38.9 Å². The van der Waals surface area contributed by atoms with Gasteiger partial charge in [0, 0.05) is 29.6 Å². The van der Waals surface area contributed by atoms with Gasteiger partial charge in [0.25, 0.3) is 0 Å². The summed E-state index contributed by atoms with van der Waals surface area (Å²) in [4.78, 5) is 9.82. The van der Waals surface area contributed by atoms with E-state index in [9.17, 15) is 0 Å². The molecule has 0 unspecified atom stereocenters. The van der Waals surface area contributed by atoms with Crippen LogP contribution in [0.1, 0.15) is 27.7 Å². The lowest BCUT2D eigenvalue weighted by atomic mass is 9.78. The van der Waals surface area contributed by atoms with E-state index in [0.717, 1.165) is 38.9 Å². The van der Waals surface area contributed by atoms with Gasteiger partial charge in [0.1, 0.15) is 5.82 Å². The molecule has 178 valence electrons. The minimum absolute atomic E-state index is 0.374. The molecule has 3 aromatic carbocycles. The number of benzene rings is 3. The molecule has 0 spiro atoms. The second kappa shape index (κ2) is 8.44. The van der Waals surface area contributed by atoms with E-state index in [-0.39, 0.29) is 11.2 Å². The first-order valence-electron chi connectivity index (χ1n) is 12.3. The van der Waals surface area contributed by atoms with Crippen molar-refractivity contribution in [3.05, 3.63) is 97.3 Å². The van der Waals surface area contributed by atoms with Gasteiger partial charge in [-0.25, -0.2) is 9.97 Å². The maximum Gasteiger partial charge on any atom is 0.494 e. The molecule has 0 N–H and O–H groups in total. The SMILES string of the molecule is CC1(C)OB(c2ccc3cn(-c4cc(-c5ccccc5)nc(-c5ccccc5)n4)cc3c2)OC1(C)C. The quantitative estimate of drug-likeness (QED) is 0.298. The van der Waals surface area contributed by atoms with Crippen molar-refractivity contribution in [2.24, 2.45) is 0 Å². The number of rotatable bonds is 4. The molecule has 1 saturated heterocycles. The van der Waals surface area contributed by atoms with Gasteiger partial charge in [-0.05, 0) is 43.9 Å². The van der Waals surface area contributed by atoms with Crippen molar-refractivity contribution in [3.8, 4) is 28.5 Å². The highest BCUT2D eigenvalue weighted by atomic mass is 16.7.